The van der Waals surface area contributed by atoms with Crippen LogP contribution in [0.2, 0.25) is 0 Å². The molecule has 6 nitrogen and oxygen atoms in total. The smallest absolute Gasteiger partial charge is 0.197 e. The van der Waals surface area contributed by atoms with E-state index in [1.54, 1.807) is 6.33 Å². The van der Waals surface area contributed by atoms with E-state index in [2.05, 4.69) is 16.0 Å². The van der Waals surface area contributed by atoms with Gasteiger partial charge in [0.2, 0.25) is 0 Å². The topological polar surface area (TPSA) is 84.5 Å². The standard InChI is InChI=1S/C19H17N5O/c20-8-7-15(11-3-1-2-4-11)24-9-13-17(23-24)18-16-12(19(13)25)5-6-14(16)21-10-22-18/h5,9-11,15H,1-4,6-7H2. The summed E-state index contributed by atoms with van der Waals surface area (Å²) >= 11 is 0. The number of Topliss-reactive ketones (excluding diaryl/α,β-unsaturated/α-hetero) is 1. The summed E-state index contributed by atoms with van der Waals surface area (Å²) in [5.41, 5.74) is 4.45. The third-order valence-corrected chi connectivity index (χ3v) is 5.72. The molecule has 1 atom stereocenters. The molecule has 6 heteroatoms. The number of nitrogens with zero attached hydrogens (tertiary/aromatic N) is 5. The summed E-state index contributed by atoms with van der Waals surface area (Å²) in [6.07, 6.45) is 11.1. The van der Waals surface area contributed by atoms with Crippen molar-refractivity contribution in [1.29, 1.82) is 5.26 Å². The summed E-state index contributed by atoms with van der Waals surface area (Å²) in [6, 6.07) is 2.33. The van der Waals surface area contributed by atoms with Crippen molar-refractivity contribution in [2.45, 2.75) is 44.6 Å². The highest BCUT2D eigenvalue weighted by molar-refractivity contribution is 6.34. The first-order chi connectivity index (χ1) is 12.3. The Balaban J connectivity index is 1.65. The monoisotopic (exact) mass is 331 g/mol. The first kappa shape index (κ1) is 14.5. The lowest BCUT2D eigenvalue weighted by Crippen LogP contribution is -2.17. The van der Waals surface area contributed by atoms with E-state index < -0.39 is 0 Å². The van der Waals surface area contributed by atoms with Crippen LogP contribution in [-0.2, 0) is 6.42 Å². The lowest BCUT2D eigenvalue weighted by molar-refractivity contribution is 0.105. The Morgan fingerprint density at radius 1 is 1.28 bits per heavy atom. The van der Waals surface area contributed by atoms with Crippen LogP contribution in [0.5, 0.6) is 0 Å². The Morgan fingerprint density at radius 3 is 2.92 bits per heavy atom. The van der Waals surface area contributed by atoms with Gasteiger partial charge in [-0.15, -0.1) is 0 Å². The van der Waals surface area contributed by atoms with Crippen LogP contribution in [0.15, 0.2) is 18.6 Å². The van der Waals surface area contributed by atoms with Crippen molar-refractivity contribution in [3.63, 3.8) is 0 Å². The van der Waals surface area contributed by atoms with Crippen molar-refractivity contribution in [3.8, 4) is 17.5 Å². The number of rotatable bonds is 3. The third kappa shape index (κ3) is 2.02. The minimum Gasteiger partial charge on any atom is -0.288 e. The highest BCUT2D eigenvalue weighted by Crippen LogP contribution is 2.43. The van der Waals surface area contributed by atoms with Crippen molar-refractivity contribution in [2.24, 2.45) is 5.92 Å². The second-order valence-electron chi connectivity index (χ2n) is 7.04. The molecule has 0 radical (unpaired) electrons. The Hall–Kier alpha value is -2.81. The fourth-order valence-corrected chi connectivity index (χ4v) is 4.51. The first-order valence-corrected chi connectivity index (χ1v) is 8.83. The van der Waals surface area contributed by atoms with Gasteiger partial charge in [-0.1, -0.05) is 18.9 Å². The van der Waals surface area contributed by atoms with Gasteiger partial charge in [0.1, 0.15) is 17.7 Å². The molecule has 1 fully saturated rings. The van der Waals surface area contributed by atoms with E-state index in [1.807, 2.05) is 17.0 Å². The molecule has 25 heavy (non-hydrogen) atoms. The first-order valence-electron chi connectivity index (χ1n) is 8.83. The maximum Gasteiger partial charge on any atom is 0.197 e. The van der Waals surface area contributed by atoms with E-state index in [9.17, 15) is 10.1 Å². The van der Waals surface area contributed by atoms with Gasteiger partial charge in [-0.25, -0.2) is 9.97 Å². The van der Waals surface area contributed by atoms with Crippen molar-refractivity contribution in [3.05, 3.63) is 35.4 Å². The van der Waals surface area contributed by atoms with Gasteiger partial charge in [0.05, 0.1) is 29.8 Å². The molecule has 3 aliphatic carbocycles. The van der Waals surface area contributed by atoms with Gasteiger partial charge >= 0.3 is 0 Å². The van der Waals surface area contributed by atoms with Crippen LogP contribution in [0.1, 0.15) is 59.8 Å². The molecular weight excluding hydrogens is 314 g/mol. The fraction of sp³-hybridized carbons (Fsp3) is 0.421. The van der Waals surface area contributed by atoms with E-state index in [-0.39, 0.29) is 11.8 Å². The number of hydrogen-bond acceptors (Lipinski definition) is 5. The van der Waals surface area contributed by atoms with Gasteiger partial charge in [0.15, 0.2) is 5.78 Å². The van der Waals surface area contributed by atoms with E-state index in [4.69, 9.17) is 5.10 Å². The summed E-state index contributed by atoms with van der Waals surface area (Å²) in [5.74, 6) is 0.462. The largest absolute Gasteiger partial charge is 0.288 e. The molecule has 0 bridgehead atoms. The van der Waals surface area contributed by atoms with Gasteiger partial charge in [-0.2, -0.15) is 10.4 Å². The summed E-state index contributed by atoms with van der Waals surface area (Å²) < 4.78 is 1.86. The summed E-state index contributed by atoms with van der Waals surface area (Å²) in [4.78, 5) is 21.6. The van der Waals surface area contributed by atoms with E-state index in [1.165, 1.54) is 12.8 Å². The molecule has 2 aromatic rings. The van der Waals surface area contributed by atoms with Gasteiger partial charge in [0.25, 0.3) is 0 Å². The Labute approximate surface area is 145 Å². The predicted octanol–water partition coefficient (Wildman–Crippen LogP) is 3.12. The lowest BCUT2D eigenvalue weighted by Gasteiger charge is -2.21. The van der Waals surface area contributed by atoms with Crippen LogP contribution in [0.25, 0.3) is 17.0 Å². The molecule has 1 saturated carbocycles. The molecule has 2 aromatic heterocycles. The number of allylic oxidation sites excluding steroid dienone is 2. The van der Waals surface area contributed by atoms with Crippen LogP contribution < -0.4 is 0 Å². The van der Waals surface area contributed by atoms with Gasteiger partial charge in [-0.3, -0.25) is 9.48 Å². The highest BCUT2D eigenvalue weighted by atomic mass is 16.1. The fourth-order valence-electron chi connectivity index (χ4n) is 4.51. The molecule has 1 unspecified atom stereocenters. The number of hydrogen-bond donors (Lipinski definition) is 0. The van der Waals surface area contributed by atoms with Crippen molar-refractivity contribution in [2.75, 3.05) is 0 Å². The maximum atomic E-state index is 12.9. The molecule has 124 valence electrons. The average Bonchev–Trinajstić information content (AvgIpc) is 3.37. The molecule has 0 N–H and O–H groups in total. The maximum absolute atomic E-state index is 12.9. The van der Waals surface area contributed by atoms with Crippen LogP contribution >= 0.6 is 0 Å². The number of nitriles is 1. The molecule has 0 aliphatic heterocycles. The predicted molar refractivity (Wildman–Crippen MR) is 90.5 cm³/mol. The molecule has 3 aliphatic rings. The number of fused-ring (bicyclic) bond motifs is 2. The average molecular weight is 331 g/mol. The van der Waals surface area contributed by atoms with Gasteiger partial charge in [0, 0.05) is 23.8 Å². The Kier molecular flexibility index (Phi) is 3.11. The van der Waals surface area contributed by atoms with Crippen molar-refractivity contribution in [1.82, 2.24) is 19.7 Å². The Morgan fingerprint density at radius 2 is 2.12 bits per heavy atom. The molecule has 0 amide bonds. The SMILES string of the molecule is N#CCC(C1CCCC1)n1cc2c(n1)-c1ncnc3c1C(=CC3)C2=O. The summed E-state index contributed by atoms with van der Waals surface area (Å²) in [7, 11) is 0. The van der Waals surface area contributed by atoms with Gasteiger partial charge < -0.3 is 0 Å². The minimum atomic E-state index is 0.00410. The Bertz CT molecular complexity index is 959. The zero-order valence-electron chi connectivity index (χ0n) is 13.8. The van der Waals surface area contributed by atoms with E-state index in [0.717, 1.165) is 29.8 Å². The molecule has 0 spiro atoms. The second kappa shape index (κ2) is 5.35. The van der Waals surface area contributed by atoms with Crippen LogP contribution in [0, 0.1) is 17.2 Å². The number of carbonyl (C=O) groups excluding carboxylic acids is 1. The summed E-state index contributed by atoms with van der Waals surface area (Å²) in [5, 5.41) is 14.0. The van der Waals surface area contributed by atoms with E-state index >= 15 is 0 Å². The normalized spacial score (nSPS) is 19.3. The molecular formula is C19H17N5O. The van der Waals surface area contributed by atoms with Crippen molar-refractivity contribution >= 4 is 11.4 Å². The number of aromatic nitrogens is 4. The van der Waals surface area contributed by atoms with Crippen LogP contribution in [0.4, 0.5) is 0 Å². The van der Waals surface area contributed by atoms with Crippen LogP contribution in [0.3, 0.4) is 0 Å². The van der Waals surface area contributed by atoms with Crippen LogP contribution in [-0.4, -0.2) is 25.5 Å². The van der Waals surface area contributed by atoms with Crippen molar-refractivity contribution < 1.29 is 4.79 Å². The highest BCUT2D eigenvalue weighted by Gasteiger charge is 2.37. The molecule has 5 rings (SSSR count). The molecule has 2 heterocycles. The third-order valence-electron chi connectivity index (χ3n) is 5.72. The zero-order chi connectivity index (χ0) is 17.0. The molecule has 0 aromatic carbocycles. The van der Waals surface area contributed by atoms with Gasteiger partial charge in [-0.05, 0) is 18.8 Å². The number of carbonyl (C=O) groups is 1. The lowest BCUT2D eigenvalue weighted by atomic mass is 9.90. The van der Waals surface area contributed by atoms with E-state index in [0.29, 0.717) is 35.6 Å². The zero-order valence-corrected chi connectivity index (χ0v) is 13.8. The second-order valence-corrected chi connectivity index (χ2v) is 7.04. The molecule has 0 saturated heterocycles. The number of ketones is 1. The minimum absolute atomic E-state index is 0.00410. The quantitative estimate of drug-likeness (QED) is 0.862. The summed E-state index contributed by atoms with van der Waals surface area (Å²) in [6.45, 7) is 0.